The van der Waals surface area contributed by atoms with Crippen molar-refractivity contribution in [1.82, 2.24) is 5.32 Å². The lowest BCUT2D eigenvalue weighted by Crippen LogP contribution is -2.22. The van der Waals surface area contributed by atoms with Crippen LogP contribution in [0.1, 0.15) is 37.4 Å². The Morgan fingerprint density at radius 2 is 2.12 bits per heavy atom. The van der Waals surface area contributed by atoms with Crippen LogP contribution in [0, 0.1) is 24.2 Å². The fraction of sp³-hybridized carbons (Fsp3) is 0.500. The van der Waals surface area contributed by atoms with Gasteiger partial charge >= 0.3 is 0 Å². The van der Waals surface area contributed by atoms with Crippen LogP contribution >= 0.6 is 0 Å². The molecule has 0 aliphatic rings. The molecule has 0 aliphatic carbocycles. The van der Waals surface area contributed by atoms with Gasteiger partial charge in [0.15, 0.2) is 0 Å². The number of rotatable bonds is 5. The molecule has 0 fully saturated rings. The Morgan fingerprint density at radius 1 is 1.41 bits per heavy atom. The van der Waals surface area contributed by atoms with Gasteiger partial charge < -0.3 is 5.11 Å². The van der Waals surface area contributed by atoms with E-state index in [1.54, 1.807) is 6.07 Å². The average molecular weight is 232 g/mol. The fourth-order valence-corrected chi connectivity index (χ4v) is 1.65. The lowest BCUT2D eigenvalue weighted by atomic mass is 10.0. The predicted molar refractivity (Wildman–Crippen MR) is 68.7 cm³/mol. The normalized spacial score (nSPS) is 12.4. The Labute approximate surface area is 103 Å². The number of nitrogens with one attached hydrogen (secondary N) is 1. The molecule has 1 unspecified atom stereocenters. The molecule has 0 heterocycles. The van der Waals surface area contributed by atoms with Crippen LogP contribution in [0.15, 0.2) is 18.2 Å². The first kappa shape index (κ1) is 13.5. The maximum absolute atomic E-state index is 9.75. The van der Waals surface area contributed by atoms with Gasteiger partial charge in [-0.1, -0.05) is 25.5 Å². The average Bonchev–Trinajstić information content (AvgIpc) is 2.28. The molecule has 0 aromatic heterocycles. The van der Waals surface area contributed by atoms with E-state index < -0.39 is 6.04 Å². The van der Waals surface area contributed by atoms with Crippen molar-refractivity contribution in [2.45, 2.75) is 33.2 Å². The second kappa shape index (κ2) is 6.27. The number of aromatic hydroxyl groups is 1. The Hall–Kier alpha value is -1.53. The number of aryl methyl sites for hydroxylation is 1. The van der Waals surface area contributed by atoms with Gasteiger partial charge in [0.25, 0.3) is 0 Å². The van der Waals surface area contributed by atoms with E-state index in [-0.39, 0.29) is 5.75 Å². The summed E-state index contributed by atoms with van der Waals surface area (Å²) in [6, 6.07) is 7.08. The van der Waals surface area contributed by atoms with Gasteiger partial charge in [0, 0.05) is 5.56 Å². The molecule has 1 aromatic carbocycles. The molecule has 3 nitrogen and oxygen atoms in total. The van der Waals surface area contributed by atoms with Crippen LogP contribution in [0.5, 0.6) is 5.75 Å². The monoisotopic (exact) mass is 232 g/mol. The van der Waals surface area contributed by atoms with Gasteiger partial charge in [-0.2, -0.15) is 5.26 Å². The van der Waals surface area contributed by atoms with Crippen LogP contribution in [0.3, 0.4) is 0 Å². The van der Waals surface area contributed by atoms with Crippen molar-refractivity contribution in [3.8, 4) is 11.8 Å². The van der Waals surface area contributed by atoms with E-state index in [1.807, 2.05) is 19.1 Å². The van der Waals surface area contributed by atoms with Gasteiger partial charge in [-0.15, -0.1) is 0 Å². The van der Waals surface area contributed by atoms with Crippen molar-refractivity contribution in [1.29, 1.82) is 5.26 Å². The Bertz CT molecular complexity index is 407. The van der Waals surface area contributed by atoms with E-state index in [2.05, 4.69) is 25.2 Å². The Balaban J connectivity index is 2.73. The second-order valence-corrected chi connectivity index (χ2v) is 4.76. The molecule has 2 N–H and O–H groups in total. The number of hydrogen-bond acceptors (Lipinski definition) is 3. The number of nitrogens with zero attached hydrogens (tertiary/aromatic N) is 1. The van der Waals surface area contributed by atoms with Crippen molar-refractivity contribution >= 4 is 0 Å². The molecule has 17 heavy (non-hydrogen) atoms. The minimum Gasteiger partial charge on any atom is -0.508 e. The summed E-state index contributed by atoms with van der Waals surface area (Å²) in [5.74, 6) is 0.784. The lowest BCUT2D eigenvalue weighted by Gasteiger charge is -2.14. The van der Waals surface area contributed by atoms with E-state index in [0.717, 1.165) is 18.5 Å². The Morgan fingerprint density at radius 3 is 2.71 bits per heavy atom. The molecule has 3 heteroatoms. The minimum absolute atomic E-state index is 0.180. The summed E-state index contributed by atoms with van der Waals surface area (Å²) in [7, 11) is 0. The zero-order valence-electron chi connectivity index (χ0n) is 10.7. The summed E-state index contributed by atoms with van der Waals surface area (Å²) >= 11 is 0. The molecular formula is C14H20N2O. The highest BCUT2D eigenvalue weighted by Crippen LogP contribution is 2.24. The summed E-state index contributed by atoms with van der Waals surface area (Å²) in [6.45, 7) is 7.02. The number of nitriles is 1. The van der Waals surface area contributed by atoms with E-state index in [9.17, 15) is 5.11 Å². The third-order valence-electron chi connectivity index (χ3n) is 2.69. The highest BCUT2D eigenvalue weighted by atomic mass is 16.3. The molecule has 0 spiro atoms. The van der Waals surface area contributed by atoms with Crippen molar-refractivity contribution in [2.75, 3.05) is 6.54 Å². The summed E-state index contributed by atoms with van der Waals surface area (Å²) in [6.07, 6.45) is 1.02. The first-order valence-corrected chi connectivity index (χ1v) is 5.97. The molecule has 0 aliphatic heterocycles. The standard InChI is InChI=1S/C14H20N2O/c1-10(2)6-7-16-13(9-15)12-8-11(3)4-5-14(12)17/h4-5,8,10,13,16-17H,6-7H2,1-3H3. The van der Waals surface area contributed by atoms with E-state index >= 15 is 0 Å². The second-order valence-electron chi connectivity index (χ2n) is 4.76. The first-order chi connectivity index (χ1) is 8.04. The number of phenols is 1. The quantitative estimate of drug-likeness (QED) is 0.820. The predicted octanol–water partition coefficient (Wildman–Crippen LogP) is 2.90. The number of benzene rings is 1. The molecule has 1 rings (SSSR count). The molecule has 0 bridgehead atoms. The zero-order chi connectivity index (χ0) is 12.8. The molecule has 0 saturated carbocycles. The summed E-state index contributed by atoms with van der Waals surface area (Å²) in [4.78, 5) is 0. The third-order valence-corrected chi connectivity index (χ3v) is 2.69. The highest BCUT2D eigenvalue weighted by Gasteiger charge is 2.14. The van der Waals surface area contributed by atoms with Crippen molar-refractivity contribution in [3.05, 3.63) is 29.3 Å². The fourth-order valence-electron chi connectivity index (χ4n) is 1.65. The topological polar surface area (TPSA) is 56.0 Å². The van der Waals surface area contributed by atoms with Crippen LogP contribution in [-0.2, 0) is 0 Å². The smallest absolute Gasteiger partial charge is 0.124 e. The third kappa shape index (κ3) is 4.08. The van der Waals surface area contributed by atoms with E-state index in [1.165, 1.54) is 0 Å². The van der Waals surface area contributed by atoms with Crippen molar-refractivity contribution < 1.29 is 5.11 Å². The Kier molecular flexibility index (Phi) is 4.99. The molecule has 0 radical (unpaired) electrons. The molecule has 0 amide bonds. The van der Waals surface area contributed by atoms with Crippen molar-refractivity contribution in [2.24, 2.45) is 5.92 Å². The number of hydrogen-bond donors (Lipinski definition) is 2. The van der Waals surface area contributed by atoms with E-state index in [0.29, 0.717) is 11.5 Å². The molecular weight excluding hydrogens is 212 g/mol. The molecule has 1 aromatic rings. The van der Waals surface area contributed by atoms with Crippen LogP contribution in [-0.4, -0.2) is 11.7 Å². The minimum atomic E-state index is -0.436. The van der Waals surface area contributed by atoms with Crippen LogP contribution in [0.25, 0.3) is 0 Å². The summed E-state index contributed by atoms with van der Waals surface area (Å²) < 4.78 is 0. The van der Waals surface area contributed by atoms with Gasteiger partial charge in [-0.05, 0) is 37.9 Å². The highest BCUT2D eigenvalue weighted by molar-refractivity contribution is 5.40. The summed E-state index contributed by atoms with van der Waals surface area (Å²) in [5, 5.41) is 22.1. The van der Waals surface area contributed by atoms with E-state index in [4.69, 9.17) is 5.26 Å². The van der Waals surface area contributed by atoms with Crippen LogP contribution < -0.4 is 5.32 Å². The van der Waals surface area contributed by atoms with Crippen LogP contribution in [0.4, 0.5) is 0 Å². The maximum Gasteiger partial charge on any atom is 0.124 e. The molecule has 0 saturated heterocycles. The SMILES string of the molecule is Cc1ccc(O)c(C(C#N)NCCC(C)C)c1. The van der Waals surface area contributed by atoms with Gasteiger partial charge in [-0.25, -0.2) is 0 Å². The maximum atomic E-state index is 9.75. The number of phenolic OH excluding ortho intramolecular Hbond substituents is 1. The van der Waals surface area contributed by atoms with Gasteiger partial charge in [0.1, 0.15) is 11.8 Å². The molecule has 92 valence electrons. The zero-order valence-corrected chi connectivity index (χ0v) is 10.7. The van der Waals surface area contributed by atoms with Gasteiger partial charge in [0.05, 0.1) is 6.07 Å². The van der Waals surface area contributed by atoms with Crippen molar-refractivity contribution in [3.63, 3.8) is 0 Å². The first-order valence-electron chi connectivity index (χ1n) is 5.97. The largest absolute Gasteiger partial charge is 0.508 e. The lowest BCUT2D eigenvalue weighted by molar-refractivity contribution is 0.455. The van der Waals surface area contributed by atoms with Gasteiger partial charge in [0.2, 0.25) is 0 Å². The van der Waals surface area contributed by atoms with Crippen LogP contribution in [0.2, 0.25) is 0 Å². The summed E-state index contributed by atoms with van der Waals surface area (Å²) in [5.41, 5.74) is 1.71. The van der Waals surface area contributed by atoms with Gasteiger partial charge in [-0.3, -0.25) is 5.32 Å². The molecule has 1 atom stereocenters.